The number of hydrogen-bond donors (Lipinski definition) is 4. The molecule has 0 radical (unpaired) electrons. The van der Waals surface area contributed by atoms with Crippen LogP contribution in [0.2, 0.25) is 0 Å². The summed E-state index contributed by atoms with van der Waals surface area (Å²) < 4.78 is 21.9. The van der Waals surface area contributed by atoms with Gasteiger partial charge in [-0.2, -0.15) is 50.5 Å². The molecule has 16 heteroatoms. The van der Waals surface area contributed by atoms with Crippen molar-refractivity contribution >= 4 is 130 Å². The molecule has 0 bridgehead atoms. The molecule has 0 aliphatic heterocycles. The van der Waals surface area contributed by atoms with Crippen LogP contribution in [0.3, 0.4) is 0 Å². The van der Waals surface area contributed by atoms with E-state index in [0.717, 1.165) is 18.9 Å². The Hall–Kier alpha value is -0.360. The zero-order valence-electron chi connectivity index (χ0n) is 21.5. The zero-order valence-corrected chi connectivity index (χ0v) is 28.3. The highest BCUT2D eigenvalue weighted by Crippen LogP contribution is 2.30. The van der Waals surface area contributed by atoms with Gasteiger partial charge in [-0.15, -0.1) is 47.0 Å². The summed E-state index contributed by atoms with van der Waals surface area (Å²) in [4.78, 5) is 48.2. The van der Waals surface area contributed by atoms with Gasteiger partial charge in [0.2, 0.25) is 0 Å². The van der Waals surface area contributed by atoms with E-state index in [1.165, 1.54) is 47.0 Å². The van der Waals surface area contributed by atoms with Crippen molar-refractivity contribution < 1.29 is 38.1 Å². The molecular formula is C24H32O8S8. The van der Waals surface area contributed by atoms with Gasteiger partial charge in [-0.05, 0) is 10.4 Å². The predicted molar refractivity (Wildman–Crippen MR) is 182 cm³/mol. The fraction of sp³-hybridized carbons (Fsp3) is 0.500. The molecule has 0 aliphatic carbocycles. The van der Waals surface area contributed by atoms with E-state index in [-0.39, 0.29) is 73.3 Å². The SMILES string of the molecule is O=C(CSC(SCC(=O)OCCS)=c1ccc(=C(SCC(=O)OCCS)SCC(=O)OCCS)cc1)OCCS. The number of carbonyl (C=O) groups excluding carboxylic acids is 4. The van der Waals surface area contributed by atoms with Crippen molar-refractivity contribution in [2.75, 3.05) is 72.5 Å². The summed E-state index contributed by atoms with van der Waals surface area (Å²) in [5.74, 6) is 0.422. The van der Waals surface area contributed by atoms with E-state index in [1.807, 2.05) is 24.3 Å². The molecule has 0 unspecified atom stereocenters. The number of esters is 4. The smallest absolute Gasteiger partial charge is 0.316 e. The van der Waals surface area contributed by atoms with Crippen LogP contribution in [-0.4, -0.2) is 96.3 Å². The molecule has 8 nitrogen and oxygen atoms in total. The number of thioether (sulfide) groups is 4. The first kappa shape index (κ1) is 37.7. The van der Waals surface area contributed by atoms with Crippen LogP contribution < -0.4 is 10.4 Å². The van der Waals surface area contributed by atoms with Crippen molar-refractivity contribution in [1.82, 2.24) is 0 Å². The summed E-state index contributed by atoms with van der Waals surface area (Å²) in [6, 6.07) is 7.40. The van der Waals surface area contributed by atoms with Gasteiger partial charge >= 0.3 is 23.9 Å². The first-order valence-electron chi connectivity index (χ1n) is 11.8. The Morgan fingerprint density at radius 3 is 0.900 bits per heavy atom. The van der Waals surface area contributed by atoms with Crippen LogP contribution in [0.1, 0.15) is 0 Å². The van der Waals surface area contributed by atoms with Crippen molar-refractivity contribution in [3.63, 3.8) is 0 Å². The average molecular weight is 705 g/mol. The molecule has 0 N–H and O–H groups in total. The lowest BCUT2D eigenvalue weighted by Crippen LogP contribution is -2.15. The minimum absolute atomic E-state index is 0.0649. The third-order valence-corrected chi connectivity index (χ3v) is 9.71. The van der Waals surface area contributed by atoms with Crippen LogP contribution >= 0.6 is 97.6 Å². The quantitative estimate of drug-likeness (QED) is 0.0912. The molecule has 0 saturated carbocycles. The molecule has 0 spiro atoms. The molecule has 1 aromatic carbocycles. The molecule has 1 aromatic rings. The van der Waals surface area contributed by atoms with Crippen LogP contribution in [0, 0.1) is 0 Å². The van der Waals surface area contributed by atoms with Gasteiger partial charge in [0.25, 0.3) is 0 Å². The second kappa shape index (κ2) is 24.1. The van der Waals surface area contributed by atoms with Crippen molar-refractivity contribution in [3.05, 3.63) is 34.7 Å². The Morgan fingerprint density at radius 2 is 0.700 bits per heavy atom. The highest BCUT2D eigenvalue weighted by Gasteiger charge is 2.13. The van der Waals surface area contributed by atoms with Gasteiger partial charge in [0, 0.05) is 31.5 Å². The third-order valence-electron chi connectivity index (χ3n) is 4.06. The largest absolute Gasteiger partial charge is 0.464 e. The highest BCUT2D eigenvalue weighted by molar-refractivity contribution is 8.30. The molecule has 40 heavy (non-hydrogen) atoms. The van der Waals surface area contributed by atoms with E-state index in [4.69, 9.17) is 18.9 Å². The Labute approximate surface area is 273 Å². The number of carbonyl (C=O) groups is 4. The standard InChI is InChI=1S/C24H32O8S8/c25-19(29-5-9-33)13-37-23(38-14-20(26)30-6-10-34)17-1-2-18(4-3-17)24(39-15-21(27)31-7-11-35)40-16-22(28)32-8-12-36/h1-4,33-36H,5-16H2. The average Bonchev–Trinajstić information content (AvgIpc) is 2.96. The lowest BCUT2D eigenvalue weighted by atomic mass is 10.3. The summed E-state index contributed by atoms with van der Waals surface area (Å²) in [5.41, 5.74) is 0. The van der Waals surface area contributed by atoms with Crippen molar-refractivity contribution in [2.24, 2.45) is 0 Å². The normalized spacial score (nSPS) is 10.5. The van der Waals surface area contributed by atoms with Gasteiger partial charge in [-0.25, -0.2) is 0 Å². The Morgan fingerprint density at radius 1 is 0.475 bits per heavy atom. The first-order chi connectivity index (χ1) is 19.3. The maximum Gasteiger partial charge on any atom is 0.316 e. The van der Waals surface area contributed by atoms with Gasteiger partial charge in [-0.3, -0.25) is 19.2 Å². The first-order valence-corrected chi connectivity index (χ1v) is 18.2. The molecule has 1 rings (SSSR count). The predicted octanol–water partition coefficient (Wildman–Crippen LogP) is 2.64. The Bertz CT molecular complexity index is 911. The molecule has 0 saturated heterocycles. The summed E-state index contributed by atoms with van der Waals surface area (Å²) in [5, 5.41) is 1.58. The Balaban J connectivity index is 3.23. The molecule has 0 amide bonds. The van der Waals surface area contributed by atoms with E-state index in [2.05, 4.69) is 50.5 Å². The highest BCUT2D eigenvalue weighted by atomic mass is 32.2. The molecule has 224 valence electrons. The van der Waals surface area contributed by atoms with Crippen molar-refractivity contribution in [1.29, 1.82) is 0 Å². The maximum absolute atomic E-state index is 12.1. The minimum atomic E-state index is -0.385. The van der Waals surface area contributed by atoms with Gasteiger partial charge in [0.15, 0.2) is 0 Å². The second-order valence-corrected chi connectivity index (χ2v) is 13.3. The number of thiol groups is 4. The number of ether oxygens (including phenoxy) is 4. The lowest BCUT2D eigenvalue weighted by Gasteiger charge is -2.09. The minimum Gasteiger partial charge on any atom is -0.464 e. The van der Waals surface area contributed by atoms with Crippen molar-refractivity contribution in [3.8, 4) is 0 Å². The van der Waals surface area contributed by atoms with Gasteiger partial charge in [0.05, 0.1) is 23.0 Å². The Kier molecular flexibility index (Phi) is 22.7. The van der Waals surface area contributed by atoms with E-state index in [9.17, 15) is 19.2 Å². The van der Waals surface area contributed by atoms with E-state index >= 15 is 0 Å². The van der Waals surface area contributed by atoms with Crippen LogP contribution in [0.5, 0.6) is 0 Å². The topological polar surface area (TPSA) is 105 Å². The fourth-order valence-corrected chi connectivity index (χ4v) is 6.74. The van der Waals surface area contributed by atoms with Gasteiger partial charge in [0.1, 0.15) is 26.4 Å². The second-order valence-electron chi connectivity index (χ2n) is 7.08. The maximum atomic E-state index is 12.1. The van der Waals surface area contributed by atoms with Gasteiger partial charge in [-0.1, -0.05) is 24.3 Å². The van der Waals surface area contributed by atoms with E-state index < -0.39 is 0 Å². The number of rotatable bonds is 20. The van der Waals surface area contributed by atoms with E-state index in [0.29, 0.717) is 23.0 Å². The molecule has 0 atom stereocenters. The molecule has 0 aliphatic rings. The van der Waals surface area contributed by atoms with Crippen LogP contribution in [0.15, 0.2) is 24.3 Å². The van der Waals surface area contributed by atoms with Crippen LogP contribution in [0.4, 0.5) is 0 Å². The van der Waals surface area contributed by atoms with Crippen LogP contribution in [-0.2, 0) is 38.1 Å². The summed E-state index contributed by atoms with van der Waals surface area (Å²) in [6.45, 7) is 0.865. The molecular weight excluding hydrogens is 673 g/mol. The van der Waals surface area contributed by atoms with Crippen molar-refractivity contribution in [2.45, 2.75) is 0 Å². The third kappa shape index (κ3) is 17.6. The molecule has 0 aromatic heterocycles. The van der Waals surface area contributed by atoms with E-state index in [1.54, 1.807) is 0 Å². The summed E-state index contributed by atoms with van der Waals surface area (Å²) in [6.07, 6.45) is 0. The monoisotopic (exact) mass is 704 g/mol. The molecule has 0 heterocycles. The summed E-state index contributed by atoms with van der Waals surface area (Å²) >= 11 is 21.2. The van der Waals surface area contributed by atoms with Crippen LogP contribution in [0.25, 0.3) is 8.47 Å². The molecule has 0 fully saturated rings. The number of hydrogen-bond acceptors (Lipinski definition) is 16. The number of benzene rings is 1. The summed E-state index contributed by atoms with van der Waals surface area (Å²) in [7, 11) is 0. The zero-order chi connectivity index (χ0) is 29.6. The fourth-order valence-electron chi connectivity index (χ4n) is 2.46. The lowest BCUT2D eigenvalue weighted by molar-refractivity contribution is -0.140. The van der Waals surface area contributed by atoms with Gasteiger partial charge < -0.3 is 18.9 Å².